The van der Waals surface area contributed by atoms with Crippen LogP contribution in [0.1, 0.15) is 64.3 Å². The Morgan fingerprint density at radius 3 is 2.24 bits per heavy atom. The van der Waals surface area contributed by atoms with E-state index in [2.05, 4.69) is 24.5 Å². The van der Waals surface area contributed by atoms with Crippen LogP contribution in [0.3, 0.4) is 0 Å². The standard InChI is InChI=1S/C34H35Cl2N5O4/c1-19(2)30(21-8-13-25(45-5)14-9-21)39-34-38-29-18-40(32(43)23-10-15-27(35)28(36)17-23)20(3)16-26(29)33(44)41(34)24-11-6-22(7-12-24)31(42)37-4/h6-15,17,19-20,30H,16,18H2,1-5H3,(H,37,42)(H,38,39)/t20-,30?/m1/s1. The summed E-state index contributed by atoms with van der Waals surface area (Å²) in [5.74, 6) is 0.730. The van der Waals surface area contributed by atoms with Crippen molar-refractivity contribution in [3.8, 4) is 11.4 Å². The number of carbonyl (C=O) groups is 2. The molecule has 2 amide bonds. The summed E-state index contributed by atoms with van der Waals surface area (Å²) in [5, 5.41) is 6.81. The molecule has 2 atom stereocenters. The van der Waals surface area contributed by atoms with E-state index in [4.69, 9.17) is 32.9 Å². The minimum absolute atomic E-state index is 0.114. The van der Waals surface area contributed by atoms with E-state index in [-0.39, 0.29) is 41.9 Å². The Labute approximate surface area is 272 Å². The van der Waals surface area contributed by atoms with Crippen molar-refractivity contribution in [3.63, 3.8) is 0 Å². The predicted molar refractivity (Wildman–Crippen MR) is 177 cm³/mol. The van der Waals surface area contributed by atoms with Crippen molar-refractivity contribution in [2.45, 2.75) is 45.8 Å². The first-order chi connectivity index (χ1) is 21.5. The molecule has 0 saturated carbocycles. The summed E-state index contributed by atoms with van der Waals surface area (Å²) in [7, 11) is 3.19. The van der Waals surface area contributed by atoms with Crippen LogP contribution in [-0.2, 0) is 13.0 Å². The van der Waals surface area contributed by atoms with Crippen molar-refractivity contribution < 1.29 is 14.3 Å². The van der Waals surface area contributed by atoms with Crippen LogP contribution in [-0.4, -0.2) is 46.5 Å². The van der Waals surface area contributed by atoms with Crippen molar-refractivity contribution in [3.05, 3.63) is 115 Å². The zero-order valence-corrected chi connectivity index (χ0v) is 27.2. The van der Waals surface area contributed by atoms with Crippen molar-refractivity contribution in [2.24, 2.45) is 5.92 Å². The quantitative estimate of drug-likeness (QED) is 0.232. The predicted octanol–water partition coefficient (Wildman–Crippen LogP) is 6.30. The Hall–Kier alpha value is -4.34. The summed E-state index contributed by atoms with van der Waals surface area (Å²) >= 11 is 12.3. The average molecular weight is 649 g/mol. The van der Waals surface area contributed by atoms with E-state index in [1.54, 1.807) is 66.1 Å². The summed E-state index contributed by atoms with van der Waals surface area (Å²) in [6.07, 6.45) is 0.316. The van der Waals surface area contributed by atoms with Crippen molar-refractivity contribution in [1.29, 1.82) is 0 Å². The maximum absolute atomic E-state index is 14.3. The Bertz CT molecular complexity index is 1790. The largest absolute Gasteiger partial charge is 0.497 e. The van der Waals surface area contributed by atoms with E-state index in [0.717, 1.165) is 11.3 Å². The van der Waals surface area contributed by atoms with Gasteiger partial charge in [0, 0.05) is 29.8 Å². The van der Waals surface area contributed by atoms with Crippen LogP contribution in [0.25, 0.3) is 5.69 Å². The number of methoxy groups -OCH3 is 1. The molecule has 9 nitrogen and oxygen atoms in total. The van der Waals surface area contributed by atoms with Gasteiger partial charge in [0.05, 0.1) is 41.1 Å². The minimum atomic E-state index is -0.278. The molecule has 0 fully saturated rings. The molecule has 0 bridgehead atoms. The summed E-state index contributed by atoms with van der Waals surface area (Å²) in [5.41, 5.74) is 3.24. The Morgan fingerprint density at radius 2 is 1.64 bits per heavy atom. The van der Waals surface area contributed by atoms with Crippen molar-refractivity contribution in [1.82, 2.24) is 19.8 Å². The highest BCUT2D eigenvalue weighted by atomic mass is 35.5. The topological polar surface area (TPSA) is 106 Å². The van der Waals surface area contributed by atoms with E-state index in [0.29, 0.717) is 50.5 Å². The third-order valence-corrected chi connectivity index (χ3v) is 8.82. The van der Waals surface area contributed by atoms with Crippen LogP contribution in [0.5, 0.6) is 5.75 Å². The molecule has 1 aliphatic rings. The number of fused-ring (bicyclic) bond motifs is 1. The normalized spacial score (nSPS) is 14.9. The van der Waals surface area contributed by atoms with Crippen LogP contribution in [0.4, 0.5) is 5.95 Å². The SMILES string of the molecule is CNC(=O)c1ccc(-n2c(NC(c3ccc(OC)cc3)C(C)C)nc3c(c2=O)C[C@@H](C)N(C(=O)c2ccc(Cl)c(Cl)c2)C3)cc1. The van der Waals surface area contributed by atoms with Gasteiger partial charge in [0.2, 0.25) is 5.95 Å². The smallest absolute Gasteiger partial charge is 0.263 e. The first-order valence-electron chi connectivity index (χ1n) is 14.7. The molecule has 4 aromatic rings. The van der Waals surface area contributed by atoms with Gasteiger partial charge in [0.1, 0.15) is 5.75 Å². The van der Waals surface area contributed by atoms with Crippen LogP contribution in [0.15, 0.2) is 71.5 Å². The zero-order chi connectivity index (χ0) is 32.4. The molecule has 45 heavy (non-hydrogen) atoms. The van der Waals surface area contributed by atoms with Gasteiger partial charge in [-0.25, -0.2) is 9.55 Å². The maximum atomic E-state index is 14.3. The molecule has 234 valence electrons. The van der Waals surface area contributed by atoms with Gasteiger partial charge >= 0.3 is 0 Å². The molecule has 3 aromatic carbocycles. The van der Waals surface area contributed by atoms with Gasteiger partial charge in [0.15, 0.2) is 0 Å². The second-order valence-corrected chi connectivity index (χ2v) is 12.2. The van der Waals surface area contributed by atoms with Gasteiger partial charge in [-0.05, 0) is 79.4 Å². The van der Waals surface area contributed by atoms with Gasteiger partial charge in [-0.15, -0.1) is 0 Å². The molecule has 0 aliphatic carbocycles. The number of nitrogens with one attached hydrogen (secondary N) is 2. The first-order valence-corrected chi connectivity index (χ1v) is 15.4. The summed E-state index contributed by atoms with van der Waals surface area (Å²) in [4.78, 5) is 46.8. The van der Waals surface area contributed by atoms with Crippen LogP contribution < -0.4 is 20.9 Å². The van der Waals surface area contributed by atoms with E-state index < -0.39 is 0 Å². The lowest BCUT2D eigenvalue weighted by molar-refractivity contribution is 0.0653. The lowest BCUT2D eigenvalue weighted by Gasteiger charge is -2.35. The number of hydrogen-bond acceptors (Lipinski definition) is 6. The summed E-state index contributed by atoms with van der Waals surface area (Å²) in [6, 6.07) is 18.9. The van der Waals surface area contributed by atoms with E-state index >= 15 is 0 Å². The fourth-order valence-corrected chi connectivity index (χ4v) is 5.85. The molecule has 11 heteroatoms. The number of ether oxygens (including phenoxy) is 1. The molecule has 0 spiro atoms. The first kappa shape index (κ1) is 32.1. The lowest BCUT2D eigenvalue weighted by Crippen LogP contribution is -2.46. The van der Waals surface area contributed by atoms with Crippen LogP contribution >= 0.6 is 23.2 Å². The van der Waals surface area contributed by atoms with E-state index in [1.807, 2.05) is 31.2 Å². The number of halogens is 2. The maximum Gasteiger partial charge on any atom is 0.263 e. The van der Waals surface area contributed by atoms with Gasteiger partial charge in [-0.3, -0.25) is 14.4 Å². The van der Waals surface area contributed by atoms with Crippen LogP contribution in [0.2, 0.25) is 10.0 Å². The summed E-state index contributed by atoms with van der Waals surface area (Å²) in [6.45, 7) is 6.22. The number of benzene rings is 3. The van der Waals surface area contributed by atoms with Gasteiger partial charge < -0.3 is 20.3 Å². The minimum Gasteiger partial charge on any atom is -0.497 e. The second kappa shape index (κ2) is 13.3. The molecule has 5 rings (SSSR count). The van der Waals surface area contributed by atoms with Crippen LogP contribution in [0, 0.1) is 5.92 Å². The number of rotatable bonds is 8. The molecule has 2 heterocycles. The highest BCUT2D eigenvalue weighted by Gasteiger charge is 2.33. The fourth-order valence-electron chi connectivity index (χ4n) is 5.55. The number of carbonyl (C=O) groups excluding carboxylic acids is 2. The molecular weight excluding hydrogens is 613 g/mol. The average Bonchev–Trinajstić information content (AvgIpc) is 3.04. The zero-order valence-electron chi connectivity index (χ0n) is 25.7. The monoisotopic (exact) mass is 647 g/mol. The molecule has 1 aliphatic heterocycles. The molecule has 0 radical (unpaired) electrons. The van der Waals surface area contributed by atoms with Gasteiger partial charge in [-0.2, -0.15) is 0 Å². The Kier molecular flexibility index (Phi) is 9.51. The fraction of sp³-hybridized carbons (Fsp3) is 0.294. The van der Waals surface area contributed by atoms with Gasteiger partial charge in [-0.1, -0.05) is 49.2 Å². The molecular formula is C34H35Cl2N5O4. The highest BCUT2D eigenvalue weighted by molar-refractivity contribution is 6.42. The second-order valence-electron chi connectivity index (χ2n) is 11.4. The number of anilines is 1. The molecule has 1 aromatic heterocycles. The number of hydrogen-bond donors (Lipinski definition) is 2. The lowest BCUT2D eigenvalue weighted by atomic mass is 9.96. The molecule has 2 N–H and O–H groups in total. The van der Waals surface area contributed by atoms with E-state index in [9.17, 15) is 14.4 Å². The Morgan fingerprint density at radius 1 is 0.978 bits per heavy atom. The number of aromatic nitrogens is 2. The molecule has 0 saturated heterocycles. The third kappa shape index (κ3) is 6.55. The highest BCUT2D eigenvalue weighted by Crippen LogP contribution is 2.31. The number of nitrogens with zero attached hydrogens (tertiary/aromatic N) is 3. The molecule has 1 unspecified atom stereocenters. The van der Waals surface area contributed by atoms with Crippen molar-refractivity contribution in [2.75, 3.05) is 19.5 Å². The van der Waals surface area contributed by atoms with Gasteiger partial charge in [0.25, 0.3) is 17.4 Å². The van der Waals surface area contributed by atoms with Crippen molar-refractivity contribution >= 4 is 41.0 Å². The number of amides is 2. The Balaban J connectivity index is 1.61. The summed E-state index contributed by atoms with van der Waals surface area (Å²) < 4.78 is 6.90. The third-order valence-electron chi connectivity index (χ3n) is 8.08. The van der Waals surface area contributed by atoms with E-state index in [1.165, 1.54) is 0 Å².